The summed E-state index contributed by atoms with van der Waals surface area (Å²) in [6.45, 7) is 7.59. The molecule has 0 aromatic heterocycles. The molecule has 5 nitrogen and oxygen atoms in total. The molecule has 0 atom stereocenters. The summed E-state index contributed by atoms with van der Waals surface area (Å²) < 4.78 is 0. The molecule has 0 bridgehead atoms. The van der Waals surface area contributed by atoms with E-state index in [-0.39, 0.29) is 11.7 Å². The van der Waals surface area contributed by atoms with Crippen LogP contribution in [0.15, 0.2) is 18.2 Å². The van der Waals surface area contributed by atoms with Gasteiger partial charge in [-0.3, -0.25) is 10.2 Å². The van der Waals surface area contributed by atoms with Crippen molar-refractivity contribution < 1.29 is 14.7 Å². The van der Waals surface area contributed by atoms with Crippen LogP contribution in [-0.2, 0) is 4.79 Å². The Morgan fingerprint density at radius 1 is 1.37 bits per heavy atom. The van der Waals surface area contributed by atoms with Gasteiger partial charge >= 0.3 is 0 Å². The van der Waals surface area contributed by atoms with E-state index in [1.54, 1.807) is 26.1 Å². The lowest BCUT2D eigenvalue weighted by atomic mass is 10.1. The predicted octanol–water partition coefficient (Wildman–Crippen LogP) is 2.19. The fraction of sp³-hybridized carbons (Fsp3) is 0.429. The smallest absolute Gasteiger partial charge is 0.265 e. The number of carbonyl (C=O) groups is 2. The minimum absolute atomic E-state index is 0.128. The van der Waals surface area contributed by atoms with E-state index < -0.39 is 0 Å². The first-order valence-corrected chi connectivity index (χ1v) is 6.27. The van der Waals surface area contributed by atoms with Gasteiger partial charge in [-0.15, -0.1) is 0 Å². The summed E-state index contributed by atoms with van der Waals surface area (Å²) in [5.74, 6) is -0.137. The zero-order valence-electron chi connectivity index (χ0n) is 12.3. The van der Waals surface area contributed by atoms with Gasteiger partial charge in [0.25, 0.3) is 5.91 Å². The lowest BCUT2D eigenvalue weighted by Gasteiger charge is -2.04. The van der Waals surface area contributed by atoms with Crippen molar-refractivity contribution in [1.29, 1.82) is 0 Å². The van der Waals surface area contributed by atoms with Crippen molar-refractivity contribution in [3.05, 3.63) is 29.3 Å². The largest absolute Gasteiger partial charge is 0.508 e. The number of hydrogen-bond acceptors (Lipinski definition) is 4. The van der Waals surface area contributed by atoms with Gasteiger partial charge in [0, 0.05) is 19.0 Å². The molecular weight excluding hydrogens is 244 g/mol. The molecule has 0 aliphatic heterocycles. The van der Waals surface area contributed by atoms with Gasteiger partial charge in [0.05, 0.1) is 0 Å². The molecule has 1 rings (SSSR count). The van der Waals surface area contributed by atoms with Gasteiger partial charge in [-0.1, -0.05) is 26.8 Å². The fourth-order valence-electron chi connectivity index (χ4n) is 0.936. The second-order valence-electron chi connectivity index (χ2n) is 3.28. The van der Waals surface area contributed by atoms with Gasteiger partial charge < -0.3 is 9.90 Å². The lowest BCUT2D eigenvalue weighted by Crippen LogP contribution is -2.34. The third-order valence-corrected chi connectivity index (χ3v) is 1.88. The molecule has 1 aromatic carbocycles. The number of carbonyl (C=O) groups excluding carboxylic acids is 2. The summed E-state index contributed by atoms with van der Waals surface area (Å²) >= 11 is 0. The number of benzene rings is 1. The van der Waals surface area contributed by atoms with E-state index >= 15 is 0 Å². The van der Waals surface area contributed by atoms with Crippen molar-refractivity contribution in [3.63, 3.8) is 0 Å². The molecule has 108 valence electrons. The SMILES string of the molecule is CC.CCC=O.CNNC(=O)c1ccc(C)c(O)c1. The van der Waals surface area contributed by atoms with E-state index in [4.69, 9.17) is 0 Å². The summed E-state index contributed by atoms with van der Waals surface area (Å²) in [6, 6.07) is 4.78. The molecule has 1 aromatic rings. The molecule has 0 radical (unpaired) electrons. The average Bonchev–Trinajstić information content (AvgIpc) is 2.44. The zero-order chi connectivity index (χ0) is 15.3. The van der Waals surface area contributed by atoms with Crippen molar-refractivity contribution in [2.45, 2.75) is 34.1 Å². The second-order valence-corrected chi connectivity index (χ2v) is 3.28. The van der Waals surface area contributed by atoms with Gasteiger partial charge in [-0.2, -0.15) is 0 Å². The number of amides is 1. The maximum absolute atomic E-state index is 11.2. The van der Waals surface area contributed by atoms with E-state index in [1.807, 2.05) is 20.8 Å². The standard InChI is InChI=1S/C9H12N2O2.C3H6O.C2H6/c1-6-3-4-7(5-8(6)12)9(13)11-10-2;1-2-3-4;1-2/h3-5,10,12H,1-2H3,(H,11,13);3H,2H2,1H3;1-2H3. The third kappa shape index (κ3) is 8.79. The number of aromatic hydroxyl groups is 1. The van der Waals surface area contributed by atoms with Crippen LogP contribution in [0.4, 0.5) is 0 Å². The van der Waals surface area contributed by atoms with E-state index in [0.29, 0.717) is 12.0 Å². The topological polar surface area (TPSA) is 78.4 Å². The first-order valence-electron chi connectivity index (χ1n) is 6.27. The summed E-state index contributed by atoms with van der Waals surface area (Å²) in [6.07, 6.45) is 1.51. The van der Waals surface area contributed by atoms with Crippen molar-refractivity contribution in [3.8, 4) is 5.75 Å². The highest BCUT2D eigenvalue weighted by Gasteiger charge is 2.05. The average molecular weight is 268 g/mol. The van der Waals surface area contributed by atoms with Gasteiger partial charge in [0.15, 0.2) is 0 Å². The van der Waals surface area contributed by atoms with Gasteiger partial charge in [-0.05, 0) is 24.6 Å². The summed E-state index contributed by atoms with van der Waals surface area (Å²) in [4.78, 5) is 20.4. The van der Waals surface area contributed by atoms with Crippen LogP contribution in [0.3, 0.4) is 0 Å². The molecule has 1 amide bonds. The molecule has 19 heavy (non-hydrogen) atoms. The molecule has 0 spiro atoms. The Labute approximate surface area is 115 Å². The summed E-state index contributed by atoms with van der Waals surface area (Å²) in [7, 11) is 1.60. The van der Waals surface area contributed by atoms with E-state index in [9.17, 15) is 14.7 Å². The zero-order valence-corrected chi connectivity index (χ0v) is 12.3. The summed E-state index contributed by atoms with van der Waals surface area (Å²) in [5, 5.41) is 9.32. The molecular formula is C14H24N2O3. The van der Waals surface area contributed by atoms with E-state index in [1.165, 1.54) is 6.07 Å². The Morgan fingerprint density at radius 2 is 1.89 bits per heavy atom. The molecule has 0 saturated carbocycles. The molecule has 3 N–H and O–H groups in total. The highest BCUT2D eigenvalue weighted by atomic mass is 16.3. The van der Waals surface area contributed by atoms with Gasteiger partial charge in [-0.25, -0.2) is 5.43 Å². The Hall–Kier alpha value is -1.88. The molecule has 0 aliphatic rings. The molecule has 0 saturated heterocycles. The van der Waals surface area contributed by atoms with Gasteiger partial charge in [0.1, 0.15) is 12.0 Å². The first kappa shape index (κ1) is 19.5. The van der Waals surface area contributed by atoms with Crippen LogP contribution in [0, 0.1) is 6.92 Å². The molecule has 0 unspecified atom stereocenters. The van der Waals surface area contributed by atoms with Gasteiger partial charge in [0.2, 0.25) is 0 Å². The quantitative estimate of drug-likeness (QED) is 0.580. The van der Waals surface area contributed by atoms with Crippen LogP contribution in [0.5, 0.6) is 5.75 Å². The molecule has 5 heteroatoms. The Morgan fingerprint density at radius 3 is 2.26 bits per heavy atom. The third-order valence-electron chi connectivity index (χ3n) is 1.88. The first-order chi connectivity index (χ1) is 9.06. The number of aryl methyl sites for hydroxylation is 1. The summed E-state index contributed by atoms with van der Waals surface area (Å²) in [5.41, 5.74) is 6.11. The second kappa shape index (κ2) is 12.6. The van der Waals surface area contributed by atoms with E-state index in [2.05, 4.69) is 10.9 Å². The maximum Gasteiger partial charge on any atom is 0.265 e. The van der Waals surface area contributed by atoms with Crippen LogP contribution in [-0.4, -0.2) is 24.3 Å². The number of aldehydes is 1. The number of hydrogen-bond donors (Lipinski definition) is 3. The van der Waals surface area contributed by atoms with Crippen LogP contribution in [0.25, 0.3) is 0 Å². The van der Waals surface area contributed by atoms with Crippen LogP contribution in [0.1, 0.15) is 43.1 Å². The number of rotatable bonds is 3. The van der Waals surface area contributed by atoms with E-state index in [0.717, 1.165) is 11.8 Å². The molecule has 0 heterocycles. The maximum atomic E-state index is 11.2. The Bertz CT molecular complexity index is 379. The molecule has 0 fully saturated rings. The normalized spacial score (nSPS) is 8.26. The monoisotopic (exact) mass is 268 g/mol. The highest BCUT2D eigenvalue weighted by Crippen LogP contribution is 2.16. The van der Waals surface area contributed by atoms with Crippen molar-refractivity contribution >= 4 is 12.2 Å². The number of hydrazine groups is 1. The van der Waals surface area contributed by atoms with Crippen LogP contribution in [0.2, 0.25) is 0 Å². The van der Waals surface area contributed by atoms with Crippen molar-refractivity contribution in [1.82, 2.24) is 10.9 Å². The lowest BCUT2D eigenvalue weighted by molar-refractivity contribution is -0.107. The number of phenolic OH excluding ortho intramolecular Hbond substituents is 1. The fourth-order valence-corrected chi connectivity index (χ4v) is 0.936. The predicted molar refractivity (Wildman–Crippen MR) is 77.1 cm³/mol. The Balaban J connectivity index is 0. The van der Waals surface area contributed by atoms with Crippen molar-refractivity contribution in [2.24, 2.45) is 0 Å². The van der Waals surface area contributed by atoms with Crippen LogP contribution >= 0.6 is 0 Å². The number of nitrogens with one attached hydrogen (secondary N) is 2. The molecule has 0 aliphatic carbocycles. The van der Waals surface area contributed by atoms with Crippen LogP contribution < -0.4 is 10.9 Å². The minimum Gasteiger partial charge on any atom is -0.508 e. The van der Waals surface area contributed by atoms with Crippen molar-refractivity contribution in [2.75, 3.05) is 7.05 Å². The minimum atomic E-state index is -0.266. The highest BCUT2D eigenvalue weighted by molar-refractivity contribution is 5.94. The Kier molecular flexibility index (Phi) is 12.9. The number of phenols is 1.